The predicted molar refractivity (Wildman–Crippen MR) is 127 cm³/mol. The summed E-state index contributed by atoms with van der Waals surface area (Å²) in [5, 5.41) is 3.75. The Morgan fingerprint density at radius 3 is 2.65 bits per heavy atom. The van der Waals surface area contributed by atoms with E-state index in [-0.39, 0.29) is 12.5 Å². The second kappa shape index (κ2) is 9.62. The maximum absolute atomic E-state index is 12.2. The number of aromatic nitrogens is 2. The summed E-state index contributed by atoms with van der Waals surface area (Å²) in [6.07, 6.45) is 4.05. The minimum atomic E-state index is -0.219. The molecule has 0 saturated carbocycles. The predicted octanol–water partition coefficient (Wildman–Crippen LogP) is 3.94. The van der Waals surface area contributed by atoms with Crippen LogP contribution in [-0.4, -0.2) is 60.6 Å². The Kier molecular flexibility index (Phi) is 6.67. The lowest BCUT2D eigenvalue weighted by Gasteiger charge is -2.35. The van der Waals surface area contributed by atoms with E-state index in [9.17, 15) is 4.79 Å². The molecule has 162 valence electrons. The minimum absolute atomic E-state index is 0.0575. The zero-order valence-electron chi connectivity index (χ0n) is 17.7. The van der Waals surface area contributed by atoms with E-state index in [1.54, 1.807) is 0 Å². The largest absolute Gasteiger partial charge is 0.484 e. The van der Waals surface area contributed by atoms with Gasteiger partial charge in [0, 0.05) is 40.9 Å². The molecule has 2 aromatic carbocycles. The number of halogens is 1. The number of nitrogens with one attached hydrogen (secondary N) is 1. The number of hydrogen-bond donors (Lipinski definition) is 1. The van der Waals surface area contributed by atoms with Gasteiger partial charge in [-0.2, -0.15) is 0 Å². The highest BCUT2D eigenvalue weighted by atomic mass is 79.9. The van der Waals surface area contributed by atoms with Crippen molar-refractivity contribution < 1.29 is 9.53 Å². The number of carbonyl (C=O) groups is 1. The van der Waals surface area contributed by atoms with E-state index < -0.39 is 0 Å². The Hall–Kier alpha value is -2.71. The lowest BCUT2D eigenvalue weighted by atomic mass is 10.0. The van der Waals surface area contributed by atoms with E-state index in [2.05, 4.69) is 50.1 Å². The third-order valence-electron chi connectivity index (χ3n) is 5.51. The Morgan fingerprint density at radius 2 is 1.94 bits per heavy atom. The van der Waals surface area contributed by atoms with Crippen LogP contribution in [0.3, 0.4) is 0 Å². The van der Waals surface area contributed by atoms with Crippen molar-refractivity contribution in [3.8, 4) is 5.75 Å². The number of anilines is 2. The van der Waals surface area contributed by atoms with Gasteiger partial charge in [-0.1, -0.05) is 15.9 Å². The highest BCUT2D eigenvalue weighted by Crippen LogP contribution is 2.23. The van der Waals surface area contributed by atoms with Crippen molar-refractivity contribution in [2.45, 2.75) is 18.9 Å². The highest BCUT2D eigenvalue weighted by molar-refractivity contribution is 9.10. The summed E-state index contributed by atoms with van der Waals surface area (Å²) in [5.74, 6) is 1.19. The molecule has 1 N–H and O–H groups in total. The summed E-state index contributed by atoms with van der Waals surface area (Å²) < 4.78 is 6.48. The summed E-state index contributed by atoms with van der Waals surface area (Å²) in [7, 11) is 4.27. The first-order chi connectivity index (χ1) is 15.0. The van der Waals surface area contributed by atoms with Gasteiger partial charge < -0.3 is 19.9 Å². The van der Waals surface area contributed by atoms with Crippen molar-refractivity contribution in [2.24, 2.45) is 0 Å². The number of hydrogen-bond acceptors (Lipinski definition) is 6. The van der Waals surface area contributed by atoms with Crippen molar-refractivity contribution in [3.05, 3.63) is 53.1 Å². The summed E-state index contributed by atoms with van der Waals surface area (Å²) in [4.78, 5) is 26.1. The smallest absolute Gasteiger partial charge is 0.262 e. The van der Waals surface area contributed by atoms with E-state index in [1.807, 2.05) is 48.7 Å². The Bertz CT molecular complexity index is 1050. The standard InChI is InChI=1S/C23H26BrN5O2/c1-28(2)19-9-11-29(12-10-19)23-25-14-16-13-18(5-8-21(16)27-23)26-22(30)15-31-20-6-3-17(24)4-7-20/h3-8,13-14,19H,9-12,15H2,1-2H3,(H,26,30). The fourth-order valence-corrected chi connectivity index (χ4v) is 3.98. The fraction of sp³-hybridized carbons (Fsp3) is 0.348. The van der Waals surface area contributed by atoms with E-state index >= 15 is 0 Å². The molecule has 1 aliphatic heterocycles. The van der Waals surface area contributed by atoms with Crippen LogP contribution in [0.15, 0.2) is 53.1 Å². The summed E-state index contributed by atoms with van der Waals surface area (Å²) >= 11 is 3.37. The lowest BCUT2D eigenvalue weighted by Crippen LogP contribution is -2.42. The molecule has 1 aromatic heterocycles. The first-order valence-electron chi connectivity index (χ1n) is 10.3. The summed E-state index contributed by atoms with van der Waals surface area (Å²) in [6, 6.07) is 13.6. The molecule has 0 bridgehead atoms. The molecule has 1 aliphatic rings. The maximum Gasteiger partial charge on any atom is 0.262 e. The molecule has 1 saturated heterocycles. The first kappa shape index (κ1) is 21.5. The maximum atomic E-state index is 12.2. The summed E-state index contributed by atoms with van der Waals surface area (Å²) in [6.45, 7) is 1.86. The van der Waals surface area contributed by atoms with Gasteiger partial charge in [-0.25, -0.2) is 9.97 Å². The molecule has 8 heteroatoms. The molecular weight excluding hydrogens is 458 g/mol. The fourth-order valence-electron chi connectivity index (χ4n) is 3.71. The van der Waals surface area contributed by atoms with E-state index in [0.29, 0.717) is 17.5 Å². The van der Waals surface area contributed by atoms with Gasteiger partial charge in [0.05, 0.1) is 5.52 Å². The number of ether oxygens (including phenoxy) is 1. The van der Waals surface area contributed by atoms with Crippen LogP contribution in [0.5, 0.6) is 5.75 Å². The van der Waals surface area contributed by atoms with Crippen molar-refractivity contribution in [1.29, 1.82) is 0 Å². The molecule has 3 aromatic rings. The number of carbonyl (C=O) groups excluding carboxylic acids is 1. The third kappa shape index (κ3) is 5.51. The van der Waals surface area contributed by atoms with E-state index in [0.717, 1.165) is 47.3 Å². The van der Waals surface area contributed by atoms with Gasteiger partial charge in [-0.3, -0.25) is 4.79 Å². The molecule has 2 heterocycles. The Morgan fingerprint density at radius 1 is 1.19 bits per heavy atom. The van der Waals surface area contributed by atoms with Crippen molar-refractivity contribution in [3.63, 3.8) is 0 Å². The Balaban J connectivity index is 1.36. The van der Waals surface area contributed by atoms with E-state index in [4.69, 9.17) is 9.72 Å². The van der Waals surface area contributed by atoms with Crippen LogP contribution in [-0.2, 0) is 4.79 Å². The zero-order valence-corrected chi connectivity index (χ0v) is 19.3. The molecule has 0 spiro atoms. The van der Waals surface area contributed by atoms with Crippen LogP contribution < -0.4 is 15.0 Å². The molecule has 0 aliphatic carbocycles. The molecule has 1 fully saturated rings. The number of nitrogens with zero attached hydrogens (tertiary/aromatic N) is 4. The van der Waals surface area contributed by atoms with Crippen LogP contribution in [0, 0.1) is 0 Å². The van der Waals surface area contributed by atoms with Gasteiger partial charge >= 0.3 is 0 Å². The van der Waals surface area contributed by atoms with Crippen LogP contribution in [0.25, 0.3) is 10.9 Å². The Labute approximate surface area is 190 Å². The molecule has 0 unspecified atom stereocenters. The molecule has 0 atom stereocenters. The normalized spacial score (nSPS) is 14.8. The monoisotopic (exact) mass is 483 g/mol. The lowest BCUT2D eigenvalue weighted by molar-refractivity contribution is -0.118. The van der Waals surface area contributed by atoms with Gasteiger partial charge in [-0.05, 0) is 69.4 Å². The highest BCUT2D eigenvalue weighted by Gasteiger charge is 2.22. The van der Waals surface area contributed by atoms with Crippen molar-refractivity contribution in [1.82, 2.24) is 14.9 Å². The minimum Gasteiger partial charge on any atom is -0.484 e. The van der Waals surface area contributed by atoms with Gasteiger partial charge in [0.25, 0.3) is 5.91 Å². The molecule has 7 nitrogen and oxygen atoms in total. The van der Waals surface area contributed by atoms with Gasteiger partial charge in [0.1, 0.15) is 5.75 Å². The van der Waals surface area contributed by atoms with Crippen LogP contribution in [0.2, 0.25) is 0 Å². The molecule has 1 amide bonds. The van der Waals surface area contributed by atoms with Gasteiger partial charge in [-0.15, -0.1) is 0 Å². The average Bonchev–Trinajstić information content (AvgIpc) is 2.78. The topological polar surface area (TPSA) is 70.6 Å². The average molecular weight is 484 g/mol. The van der Waals surface area contributed by atoms with Crippen molar-refractivity contribution >= 4 is 44.4 Å². The van der Waals surface area contributed by atoms with E-state index in [1.165, 1.54) is 0 Å². The molecule has 4 rings (SSSR count). The number of fused-ring (bicyclic) bond motifs is 1. The van der Waals surface area contributed by atoms with Gasteiger partial charge in [0.2, 0.25) is 5.95 Å². The van der Waals surface area contributed by atoms with Crippen LogP contribution >= 0.6 is 15.9 Å². The van der Waals surface area contributed by atoms with Crippen LogP contribution in [0.4, 0.5) is 11.6 Å². The second-order valence-corrected chi connectivity index (χ2v) is 8.83. The quantitative estimate of drug-likeness (QED) is 0.572. The molecule has 31 heavy (non-hydrogen) atoms. The number of piperidine rings is 1. The third-order valence-corrected chi connectivity index (χ3v) is 6.04. The summed E-state index contributed by atoms with van der Waals surface area (Å²) in [5.41, 5.74) is 1.56. The molecular formula is C23H26BrN5O2. The SMILES string of the molecule is CN(C)C1CCN(c2ncc3cc(NC(=O)COc4ccc(Br)cc4)ccc3n2)CC1. The molecule has 0 radical (unpaired) electrons. The van der Waals surface area contributed by atoms with Crippen molar-refractivity contribution in [2.75, 3.05) is 44.0 Å². The number of amides is 1. The van der Waals surface area contributed by atoms with Crippen LogP contribution in [0.1, 0.15) is 12.8 Å². The van der Waals surface area contributed by atoms with Gasteiger partial charge in [0.15, 0.2) is 6.61 Å². The first-order valence-corrected chi connectivity index (χ1v) is 11.1. The zero-order chi connectivity index (χ0) is 21.8. The number of rotatable bonds is 6. The number of benzene rings is 2. The second-order valence-electron chi connectivity index (χ2n) is 7.92.